The molecule has 0 heterocycles. The number of hydrogen-bond donors (Lipinski definition) is 1. The van der Waals surface area contributed by atoms with Crippen LogP contribution in [-0.2, 0) is 4.79 Å². The van der Waals surface area contributed by atoms with E-state index in [1.54, 1.807) is 6.08 Å². The predicted octanol–water partition coefficient (Wildman–Crippen LogP) is 4.15. The summed E-state index contributed by atoms with van der Waals surface area (Å²) in [5.74, 6) is -0.643. The number of benzene rings is 1. The number of nitrogens with one attached hydrogen (secondary N) is 1. The van der Waals surface area contributed by atoms with E-state index in [2.05, 4.69) is 27.8 Å². The zero-order valence-electron chi connectivity index (χ0n) is 8.40. The molecule has 0 saturated carbocycles. The fraction of sp³-hybridized carbons (Fsp3) is 0.182. The van der Waals surface area contributed by atoms with Crippen LogP contribution in [0.3, 0.4) is 0 Å². The highest BCUT2D eigenvalue weighted by Gasteiger charge is 2.10. The number of amides is 1. The maximum absolute atomic E-state index is 12.9. The summed E-state index contributed by atoms with van der Waals surface area (Å²) in [6, 6.07) is 2.39. The molecule has 2 nitrogen and oxygen atoms in total. The number of anilines is 1. The molecule has 1 N–H and O–H groups in total. The Bertz CT molecular complexity index is 399. The lowest BCUT2D eigenvalue weighted by molar-refractivity contribution is -0.116. The van der Waals surface area contributed by atoms with Crippen molar-refractivity contribution in [3.63, 3.8) is 0 Å². The summed E-state index contributed by atoms with van der Waals surface area (Å²) in [5, 5.41) is 2.77. The van der Waals surface area contributed by atoms with Gasteiger partial charge in [0.1, 0.15) is 5.82 Å². The summed E-state index contributed by atoms with van der Waals surface area (Å²) in [5.41, 5.74) is 0.386. The molecule has 0 spiro atoms. The molecule has 0 aromatic heterocycles. The first-order valence-electron chi connectivity index (χ1n) is 4.60. The minimum absolute atomic E-state index is 0.166. The molecule has 0 fully saturated rings. The monoisotopic (exact) mass is 305 g/mol. The van der Waals surface area contributed by atoms with E-state index in [0.29, 0.717) is 23.0 Å². The van der Waals surface area contributed by atoms with Crippen LogP contribution >= 0.6 is 27.5 Å². The smallest absolute Gasteiger partial charge is 0.224 e. The Labute approximate surface area is 107 Å². The highest BCUT2D eigenvalue weighted by Crippen LogP contribution is 2.31. The number of halogens is 3. The van der Waals surface area contributed by atoms with Crippen LogP contribution in [0.1, 0.15) is 12.8 Å². The molecular weight excluding hydrogens is 296 g/mol. The third-order valence-corrected chi connectivity index (χ3v) is 2.77. The van der Waals surface area contributed by atoms with Gasteiger partial charge in [0.15, 0.2) is 0 Å². The summed E-state index contributed by atoms with van der Waals surface area (Å²) in [6.07, 6.45) is 2.56. The van der Waals surface area contributed by atoms with E-state index in [0.717, 1.165) is 6.07 Å². The van der Waals surface area contributed by atoms with E-state index < -0.39 is 5.82 Å². The van der Waals surface area contributed by atoms with Gasteiger partial charge in [0.2, 0.25) is 5.91 Å². The van der Waals surface area contributed by atoms with Crippen molar-refractivity contribution in [2.75, 3.05) is 5.32 Å². The SMILES string of the molecule is C=CCCC(=O)Nc1c(Cl)cc(F)cc1Br. The van der Waals surface area contributed by atoms with E-state index in [1.165, 1.54) is 6.07 Å². The first-order valence-corrected chi connectivity index (χ1v) is 5.77. The second kappa shape index (κ2) is 6.01. The molecule has 86 valence electrons. The van der Waals surface area contributed by atoms with Crippen molar-refractivity contribution in [3.8, 4) is 0 Å². The van der Waals surface area contributed by atoms with Crippen molar-refractivity contribution < 1.29 is 9.18 Å². The minimum atomic E-state index is -0.457. The molecule has 0 saturated heterocycles. The fourth-order valence-electron chi connectivity index (χ4n) is 1.10. The zero-order chi connectivity index (χ0) is 12.1. The lowest BCUT2D eigenvalue weighted by Crippen LogP contribution is -2.11. The Kier molecular flexibility index (Phi) is 4.96. The Morgan fingerprint density at radius 3 is 2.88 bits per heavy atom. The van der Waals surface area contributed by atoms with Gasteiger partial charge < -0.3 is 5.32 Å². The number of allylic oxidation sites excluding steroid dienone is 1. The third kappa shape index (κ3) is 3.61. The maximum Gasteiger partial charge on any atom is 0.224 e. The van der Waals surface area contributed by atoms with Gasteiger partial charge in [-0.25, -0.2) is 4.39 Å². The van der Waals surface area contributed by atoms with Crippen molar-refractivity contribution in [2.45, 2.75) is 12.8 Å². The maximum atomic E-state index is 12.9. The second-order valence-corrected chi connectivity index (χ2v) is 4.38. The quantitative estimate of drug-likeness (QED) is 0.832. The molecular formula is C11H10BrClFNO. The zero-order valence-corrected chi connectivity index (χ0v) is 10.7. The molecule has 0 aliphatic heterocycles. The summed E-state index contributed by atoms with van der Waals surface area (Å²) >= 11 is 8.94. The van der Waals surface area contributed by atoms with E-state index in [1.807, 2.05) is 0 Å². The van der Waals surface area contributed by atoms with Crippen LogP contribution < -0.4 is 5.32 Å². The Balaban J connectivity index is 2.81. The average Bonchev–Trinajstić information content (AvgIpc) is 2.20. The van der Waals surface area contributed by atoms with Gasteiger partial charge in [-0.05, 0) is 34.5 Å². The van der Waals surface area contributed by atoms with Crippen molar-refractivity contribution in [2.24, 2.45) is 0 Å². The van der Waals surface area contributed by atoms with E-state index in [4.69, 9.17) is 11.6 Å². The van der Waals surface area contributed by atoms with Crippen LogP contribution in [0.5, 0.6) is 0 Å². The fourth-order valence-corrected chi connectivity index (χ4v) is 2.00. The molecule has 1 aromatic carbocycles. The molecule has 16 heavy (non-hydrogen) atoms. The van der Waals surface area contributed by atoms with Crippen LogP contribution in [0.4, 0.5) is 10.1 Å². The lowest BCUT2D eigenvalue weighted by atomic mass is 10.2. The van der Waals surface area contributed by atoms with Crippen LogP contribution in [0.15, 0.2) is 29.3 Å². The van der Waals surface area contributed by atoms with Gasteiger partial charge in [-0.3, -0.25) is 4.79 Å². The first kappa shape index (κ1) is 13.2. The van der Waals surface area contributed by atoms with E-state index in [9.17, 15) is 9.18 Å². The first-order chi connectivity index (χ1) is 7.54. The molecule has 1 aromatic rings. The molecule has 0 unspecified atom stereocenters. The molecule has 0 aliphatic carbocycles. The lowest BCUT2D eigenvalue weighted by Gasteiger charge is -2.09. The van der Waals surface area contributed by atoms with Gasteiger partial charge in [0.25, 0.3) is 0 Å². The molecule has 1 rings (SSSR count). The van der Waals surface area contributed by atoms with E-state index in [-0.39, 0.29) is 10.9 Å². The van der Waals surface area contributed by atoms with Crippen LogP contribution in [0.2, 0.25) is 5.02 Å². The standard InChI is InChI=1S/C11H10BrClFNO/c1-2-3-4-10(16)15-11-8(12)5-7(14)6-9(11)13/h2,5-6H,1,3-4H2,(H,15,16). The number of carbonyl (C=O) groups excluding carboxylic acids is 1. The molecule has 0 radical (unpaired) electrons. The molecule has 0 atom stereocenters. The van der Waals surface area contributed by atoms with Gasteiger partial charge in [-0.2, -0.15) is 0 Å². The van der Waals surface area contributed by atoms with Gasteiger partial charge >= 0.3 is 0 Å². The van der Waals surface area contributed by atoms with Crippen molar-refractivity contribution in [1.29, 1.82) is 0 Å². The van der Waals surface area contributed by atoms with Gasteiger partial charge in [-0.1, -0.05) is 17.7 Å². The number of rotatable bonds is 4. The summed E-state index contributed by atoms with van der Waals surface area (Å²) in [4.78, 5) is 11.4. The Hall–Kier alpha value is -0.870. The topological polar surface area (TPSA) is 29.1 Å². The van der Waals surface area contributed by atoms with Crippen LogP contribution in [-0.4, -0.2) is 5.91 Å². The highest BCUT2D eigenvalue weighted by atomic mass is 79.9. The third-order valence-electron chi connectivity index (χ3n) is 1.85. The molecule has 0 bridgehead atoms. The summed E-state index contributed by atoms with van der Waals surface area (Å²) in [7, 11) is 0. The van der Waals surface area contributed by atoms with Gasteiger partial charge in [0, 0.05) is 10.9 Å². The number of carbonyl (C=O) groups is 1. The average molecular weight is 307 g/mol. The van der Waals surface area contributed by atoms with E-state index >= 15 is 0 Å². The predicted molar refractivity (Wildman–Crippen MR) is 67.2 cm³/mol. The van der Waals surface area contributed by atoms with Crippen LogP contribution in [0, 0.1) is 5.82 Å². The highest BCUT2D eigenvalue weighted by molar-refractivity contribution is 9.10. The van der Waals surface area contributed by atoms with Gasteiger partial charge in [-0.15, -0.1) is 6.58 Å². The number of hydrogen-bond acceptors (Lipinski definition) is 1. The second-order valence-electron chi connectivity index (χ2n) is 3.12. The van der Waals surface area contributed by atoms with Crippen LogP contribution in [0.25, 0.3) is 0 Å². The Morgan fingerprint density at radius 1 is 1.62 bits per heavy atom. The van der Waals surface area contributed by atoms with Crippen molar-refractivity contribution in [3.05, 3.63) is 40.1 Å². The largest absolute Gasteiger partial charge is 0.324 e. The minimum Gasteiger partial charge on any atom is -0.324 e. The summed E-state index contributed by atoms with van der Waals surface area (Å²) < 4.78 is 13.3. The van der Waals surface area contributed by atoms with Crippen molar-refractivity contribution in [1.82, 2.24) is 0 Å². The molecule has 5 heteroatoms. The Morgan fingerprint density at radius 2 is 2.31 bits per heavy atom. The normalized spacial score (nSPS) is 9.94. The van der Waals surface area contributed by atoms with Crippen molar-refractivity contribution >= 4 is 39.1 Å². The summed E-state index contributed by atoms with van der Waals surface area (Å²) in [6.45, 7) is 3.52. The molecule has 0 aliphatic rings. The van der Waals surface area contributed by atoms with Gasteiger partial charge in [0.05, 0.1) is 10.7 Å². The molecule has 1 amide bonds.